The molecule has 2 aromatic rings. The normalized spacial score (nSPS) is 14.1. The molecule has 0 radical (unpaired) electrons. The van der Waals surface area contributed by atoms with Crippen LogP contribution < -0.4 is 15.4 Å². The van der Waals surface area contributed by atoms with Crippen LogP contribution >= 0.6 is 0 Å². The highest BCUT2D eigenvalue weighted by Crippen LogP contribution is 2.12. The molecule has 3 N–H and O–H groups in total. The first-order chi connectivity index (χ1) is 14.9. The Morgan fingerprint density at radius 3 is 2.29 bits per heavy atom. The Hall–Kier alpha value is -2.95. The summed E-state index contributed by atoms with van der Waals surface area (Å²) in [6.45, 7) is 2.41. The minimum absolute atomic E-state index is 0.0675. The van der Waals surface area contributed by atoms with Gasteiger partial charge in [-0.1, -0.05) is 30.3 Å². The maximum absolute atomic E-state index is 12.4. The number of benzene rings is 2. The summed E-state index contributed by atoms with van der Waals surface area (Å²) in [6.07, 6.45) is 0. The molecule has 1 aliphatic heterocycles. The number of hydrogen-bond acceptors (Lipinski definition) is 5. The number of hydrogen-bond donors (Lipinski definition) is 3. The van der Waals surface area contributed by atoms with Crippen molar-refractivity contribution in [3.8, 4) is 0 Å². The van der Waals surface area contributed by atoms with E-state index >= 15 is 0 Å². The first kappa shape index (κ1) is 22.7. The van der Waals surface area contributed by atoms with Gasteiger partial charge in [-0.25, -0.2) is 17.9 Å². The zero-order valence-corrected chi connectivity index (χ0v) is 17.9. The van der Waals surface area contributed by atoms with Crippen molar-refractivity contribution < 1.29 is 22.7 Å². The fourth-order valence-corrected chi connectivity index (χ4v) is 4.19. The molecule has 166 valence electrons. The van der Waals surface area contributed by atoms with E-state index in [2.05, 4.69) is 15.4 Å². The molecule has 1 saturated heterocycles. The highest BCUT2D eigenvalue weighted by molar-refractivity contribution is 7.88. The summed E-state index contributed by atoms with van der Waals surface area (Å²) < 4.78 is 31.8. The van der Waals surface area contributed by atoms with Crippen LogP contribution in [0.15, 0.2) is 54.6 Å². The largest absolute Gasteiger partial charge is 0.378 e. The van der Waals surface area contributed by atoms with Gasteiger partial charge in [0.25, 0.3) is 5.91 Å². The van der Waals surface area contributed by atoms with E-state index in [0.29, 0.717) is 43.1 Å². The second kappa shape index (κ2) is 10.9. The van der Waals surface area contributed by atoms with E-state index in [1.807, 2.05) is 6.07 Å². The van der Waals surface area contributed by atoms with Gasteiger partial charge in [-0.2, -0.15) is 0 Å². The third-order valence-corrected chi connectivity index (χ3v) is 5.98. The van der Waals surface area contributed by atoms with Crippen molar-refractivity contribution in [2.24, 2.45) is 0 Å². The maximum Gasteiger partial charge on any atom is 0.319 e. The molecule has 0 saturated carbocycles. The molecule has 1 aliphatic rings. The number of carbonyl (C=O) groups is 2. The highest BCUT2D eigenvalue weighted by Gasteiger charge is 2.18. The number of anilines is 1. The first-order valence-corrected chi connectivity index (χ1v) is 11.6. The Morgan fingerprint density at radius 2 is 1.61 bits per heavy atom. The predicted octanol–water partition coefficient (Wildman–Crippen LogP) is 1.40. The van der Waals surface area contributed by atoms with Crippen LogP contribution in [0.4, 0.5) is 10.5 Å². The lowest BCUT2D eigenvalue weighted by Crippen LogP contribution is -2.40. The van der Waals surface area contributed by atoms with E-state index in [4.69, 9.17) is 4.74 Å². The van der Waals surface area contributed by atoms with Gasteiger partial charge >= 0.3 is 6.03 Å². The van der Waals surface area contributed by atoms with Gasteiger partial charge in [0, 0.05) is 37.4 Å². The quantitative estimate of drug-likeness (QED) is 0.530. The number of urea groups is 1. The molecule has 31 heavy (non-hydrogen) atoms. The second-order valence-electron chi connectivity index (χ2n) is 7.00. The van der Waals surface area contributed by atoms with Crippen molar-refractivity contribution in [3.05, 3.63) is 65.7 Å². The molecule has 2 aromatic carbocycles. The SMILES string of the molecule is O=C(NCCNS(=O)(=O)Cc1ccccc1)Nc1ccc(C(=O)N2CCOCC2)cc1. The van der Waals surface area contributed by atoms with Crippen molar-refractivity contribution in [1.29, 1.82) is 0 Å². The lowest BCUT2D eigenvalue weighted by molar-refractivity contribution is 0.0303. The Bertz CT molecular complexity index is 975. The third-order valence-electron chi connectivity index (χ3n) is 4.62. The molecule has 1 heterocycles. The zero-order chi connectivity index (χ0) is 22.1. The fraction of sp³-hybridized carbons (Fsp3) is 0.333. The summed E-state index contributed by atoms with van der Waals surface area (Å²) in [5.74, 6) is -0.183. The highest BCUT2D eigenvalue weighted by atomic mass is 32.2. The minimum atomic E-state index is -3.48. The first-order valence-electron chi connectivity index (χ1n) is 9.96. The molecule has 0 unspecified atom stereocenters. The summed E-state index contributed by atoms with van der Waals surface area (Å²) in [4.78, 5) is 26.2. The fourth-order valence-electron chi connectivity index (χ4n) is 3.05. The van der Waals surface area contributed by atoms with Crippen molar-refractivity contribution >= 4 is 27.6 Å². The molecule has 9 nitrogen and oxygen atoms in total. The van der Waals surface area contributed by atoms with Crippen LogP contribution in [0.3, 0.4) is 0 Å². The van der Waals surface area contributed by atoms with Crippen LogP contribution in [0.5, 0.6) is 0 Å². The van der Waals surface area contributed by atoms with Crippen molar-refractivity contribution in [3.63, 3.8) is 0 Å². The summed E-state index contributed by atoms with van der Waals surface area (Å²) in [7, 11) is -3.48. The maximum atomic E-state index is 12.4. The molecule has 1 fully saturated rings. The van der Waals surface area contributed by atoms with E-state index in [9.17, 15) is 18.0 Å². The number of sulfonamides is 1. The minimum Gasteiger partial charge on any atom is -0.378 e. The number of nitrogens with zero attached hydrogens (tertiary/aromatic N) is 1. The Labute approximate surface area is 181 Å². The number of amides is 3. The molecule has 0 aromatic heterocycles. The van der Waals surface area contributed by atoms with Gasteiger partial charge in [0.05, 0.1) is 19.0 Å². The molecule has 10 heteroatoms. The monoisotopic (exact) mass is 446 g/mol. The molecule has 0 bridgehead atoms. The van der Waals surface area contributed by atoms with Crippen LogP contribution in [0.25, 0.3) is 0 Å². The molecule has 3 rings (SSSR count). The number of morpholine rings is 1. The van der Waals surface area contributed by atoms with E-state index in [1.165, 1.54) is 0 Å². The Kier molecular flexibility index (Phi) is 7.99. The topological polar surface area (TPSA) is 117 Å². The Morgan fingerprint density at radius 1 is 0.935 bits per heavy atom. The predicted molar refractivity (Wildman–Crippen MR) is 117 cm³/mol. The third kappa shape index (κ3) is 7.35. The summed E-state index contributed by atoms with van der Waals surface area (Å²) in [6, 6.07) is 15.0. The number of rotatable bonds is 8. The van der Waals surface area contributed by atoms with Crippen LogP contribution in [-0.4, -0.2) is 64.6 Å². The van der Waals surface area contributed by atoms with Gasteiger partial charge in [-0.15, -0.1) is 0 Å². The summed E-state index contributed by atoms with van der Waals surface area (Å²) >= 11 is 0. The van der Waals surface area contributed by atoms with Gasteiger partial charge < -0.3 is 20.3 Å². The smallest absolute Gasteiger partial charge is 0.319 e. The summed E-state index contributed by atoms with van der Waals surface area (Å²) in [5, 5.41) is 5.24. The van der Waals surface area contributed by atoms with Crippen LogP contribution in [0.2, 0.25) is 0 Å². The number of ether oxygens (including phenoxy) is 1. The second-order valence-corrected chi connectivity index (χ2v) is 8.81. The van der Waals surface area contributed by atoms with Crippen molar-refractivity contribution in [2.75, 3.05) is 44.7 Å². The van der Waals surface area contributed by atoms with Crippen molar-refractivity contribution in [1.82, 2.24) is 14.9 Å². The molecular weight excluding hydrogens is 420 g/mol. The number of carbonyl (C=O) groups excluding carboxylic acids is 2. The molecule has 3 amide bonds. The van der Waals surface area contributed by atoms with E-state index < -0.39 is 16.1 Å². The average Bonchev–Trinajstić information content (AvgIpc) is 2.78. The lowest BCUT2D eigenvalue weighted by atomic mass is 10.1. The molecule has 0 spiro atoms. The molecule has 0 atom stereocenters. The standard InChI is InChI=1S/C21H26N4O5S/c26-20(25-12-14-30-15-13-25)18-6-8-19(9-7-18)24-21(27)22-10-11-23-31(28,29)16-17-4-2-1-3-5-17/h1-9,23H,10-16H2,(H2,22,24,27). The van der Waals surface area contributed by atoms with E-state index in [-0.39, 0.29) is 24.7 Å². The van der Waals surface area contributed by atoms with Gasteiger partial charge in [0.1, 0.15) is 0 Å². The van der Waals surface area contributed by atoms with Gasteiger partial charge in [-0.3, -0.25) is 4.79 Å². The van der Waals surface area contributed by atoms with Crippen molar-refractivity contribution in [2.45, 2.75) is 5.75 Å². The van der Waals surface area contributed by atoms with Crippen LogP contribution in [-0.2, 0) is 20.5 Å². The van der Waals surface area contributed by atoms with Gasteiger partial charge in [0.15, 0.2) is 0 Å². The van der Waals surface area contributed by atoms with Gasteiger partial charge in [0.2, 0.25) is 10.0 Å². The zero-order valence-electron chi connectivity index (χ0n) is 17.0. The lowest BCUT2D eigenvalue weighted by Gasteiger charge is -2.26. The van der Waals surface area contributed by atoms with E-state index in [0.717, 1.165) is 0 Å². The Balaban J connectivity index is 1.39. The average molecular weight is 447 g/mol. The molecular formula is C21H26N4O5S. The van der Waals surface area contributed by atoms with E-state index in [1.54, 1.807) is 53.4 Å². The van der Waals surface area contributed by atoms with Gasteiger partial charge in [-0.05, 0) is 29.8 Å². The van der Waals surface area contributed by atoms with Crippen LogP contribution in [0.1, 0.15) is 15.9 Å². The number of nitrogens with one attached hydrogen (secondary N) is 3. The van der Waals surface area contributed by atoms with Crippen LogP contribution in [0, 0.1) is 0 Å². The summed E-state index contributed by atoms with van der Waals surface area (Å²) in [5.41, 5.74) is 1.76. The molecule has 0 aliphatic carbocycles.